The SMILES string of the molecule is CC(NCC(C(C)C)C(C)C)c1cccc(C#N)c1. The van der Waals surface area contributed by atoms with Gasteiger partial charge in [0.25, 0.3) is 0 Å². The summed E-state index contributed by atoms with van der Waals surface area (Å²) in [6, 6.07) is 10.3. The standard InChI is InChI=1S/C17H26N2/c1-12(2)17(13(3)4)11-19-14(5)16-8-6-7-15(9-16)10-18/h6-9,12-14,17,19H,11H2,1-5H3. The lowest BCUT2D eigenvalue weighted by Gasteiger charge is -2.27. The molecule has 0 aliphatic heterocycles. The molecule has 2 nitrogen and oxygen atoms in total. The van der Waals surface area contributed by atoms with E-state index in [2.05, 4.69) is 52.1 Å². The van der Waals surface area contributed by atoms with E-state index >= 15 is 0 Å². The second-order valence-corrected chi connectivity index (χ2v) is 6.02. The zero-order chi connectivity index (χ0) is 14.4. The van der Waals surface area contributed by atoms with E-state index in [4.69, 9.17) is 5.26 Å². The van der Waals surface area contributed by atoms with Crippen LogP contribution in [0.2, 0.25) is 0 Å². The fourth-order valence-electron chi connectivity index (χ4n) is 2.55. The molecular formula is C17H26N2. The number of hydrogen-bond donors (Lipinski definition) is 1. The van der Waals surface area contributed by atoms with Gasteiger partial charge >= 0.3 is 0 Å². The summed E-state index contributed by atoms with van der Waals surface area (Å²) in [7, 11) is 0. The Bertz CT molecular complexity index is 421. The smallest absolute Gasteiger partial charge is 0.0991 e. The summed E-state index contributed by atoms with van der Waals surface area (Å²) in [5.41, 5.74) is 1.92. The summed E-state index contributed by atoms with van der Waals surface area (Å²) < 4.78 is 0. The van der Waals surface area contributed by atoms with E-state index in [9.17, 15) is 0 Å². The van der Waals surface area contributed by atoms with E-state index in [1.165, 1.54) is 5.56 Å². The predicted molar refractivity (Wildman–Crippen MR) is 80.7 cm³/mol. The molecule has 0 aliphatic rings. The molecule has 1 rings (SSSR count). The Morgan fingerprint density at radius 3 is 2.26 bits per heavy atom. The summed E-state index contributed by atoms with van der Waals surface area (Å²) in [4.78, 5) is 0. The normalized spacial score (nSPS) is 13.0. The second-order valence-electron chi connectivity index (χ2n) is 6.02. The van der Waals surface area contributed by atoms with Gasteiger partial charge in [0.1, 0.15) is 0 Å². The van der Waals surface area contributed by atoms with Crippen LogP contribution in [0, 0.1) is 29.1 Å². The van der Waals surface area contributed by atoms with Gasteiger partial charge in [0, 0.05) is 6.04 Å². The molecule has 0 heterocycles. The minimum Gasteiger partial charge on any atom is -0.310 e. The van der Waals surface area contributed by atoms with Gasteiger partial charge in [-0.25, -0.2) is 0 Å². The first kappa shape index (κ1) is 15.7. The van der Waals surface area contributed by atoms with Crippen molar-refractivity contribution < 1.29 is 0 Å². The van der Waals surface area contributed by atoms with Crippen molar-refractivity contribution in [2.24, 2.45) is 17.8 Å². The van der Waals surface area contributed by atoms with Crippen LogP contribution in [-0.4, -0.2) is 6.54 Å². The molecule has 0 fully saturated rings. The van der Waals surface area contributed by atoms with Crippen molar-refractivity contribution in [3.8, 4) is 6.07 Å². The van der Waals surface area contributed by atoms with Crippen molar-refractivity contribution in [3.63, 3.8) is 0 Å². The van der Waals surface area contributed by atoms with Crippen molar-refractivity contribution in [2.45, 2.75) is 40.7 Å². The Kier molecular flexibility index (Phi) is 6.05. The molecule has 0 aliphatic carbocycles. The van der Waals surface area contributed by atoms with Gasteiger partial charge in [0.2, 0.25) is 0 Å². The summed E-state index contributed by atoms with van der Waals surface area (Å²) in [5.74, 6) is 2.05. The van der Waals surface area contributed by atoms with Crippen LogP contribution in [0.3, 0.4) is 0 Å². The molecule has 1 N–H and O–H groups in total. The highest BCUT2D eigenvalue weighted by molar-refractivity contribution is 5.33. The third-order valence-electron chi connectivity index (χ3n) is 3.89. The van der Waals surface area contributed by atoms with Gasteiger partial charge in [-0.05, 0) is 48.9 Å². The van der Waals surface area contributed by atoms with Crippen LogP contribution in [0.15, 0.2) is 24.3 Å². The van der Waals surface area contributed by atoms with E-state index in [-0.39, 0.29) is 6.04 Å². The Hall–Kier alpha value is -1.33. The number of rotatable bonds is 6. The minimum atomic E-state index is 0.285. The highest BCUT2D eigenvalue weighted by atomic mass is 14.9. The molecule has 1 unspecified atom stereocenters. The molecule has 104 valence electrons. The topological polar surface area (TPSA) is 35.8 Å². The van der Waals surface area contributed by atoms with Crippen LogP contribution in [0.4, 0.5) is 0 Å². The summed E-state index contributed by atoms with van der Waals surface area (Å²) >= 11 is 0. The Balaban J connectivity index is 2.64. The second kappa shape index (κ2) is 7.31. The van der Waals surface area contributed by atoms with Crippen molar-refractivity contribution >= 4 is 0 Å². The molecule has 0 saturated heterocycles. The van der Waals surface area contributed by atoms with E-state index in [0.29, 0.717) is 17.8 Å². The van der Waals surface area contributed by atoms with Gasteiger partial charge in [0.15, 0.2) is 0 Å². The van der Waals surface area contributed by atoms with E-state index in [1.54, 1.807) is 0 Å². The molecule has 0 aromatic heterocycles. The Labute approximate surface area is 117 Å². The molecule has 0 saturated carbocycles. The molecule has 0 amide bonds. The third kappa shape index (κ3) is 4.69. The molecule has 0 spiro atoms. The van der Waals surface area contributed by atoms with Gasteiger partial charge < -0.3 is 5.32 Å². The highest BCUT2D eigenvalue weighted by Crippen LogP contribution is 2.21. The van der Waals surface area contributed by atoms with Crippen molar-refractivity contribution in [1.29, 1.82) is 5.26 Å². The summed E-state index contributed by atoms with van der Waals surface area (Å²) in [5, 5.41) is 12.5. The maximum Gasteiger partial charge on any atom is 0.0991 e. The van der Waals surface area contributed by atoms with Crippen LogP contribution in [-0.2, 0) is 0 Å². The number of hydrogen-bond acceptors (Lipinski definition) is 2. The third-order valence-corrected chi connectivity index (χ3v) is 3.89. The van der Waals surface area contributed by atoms with Crippen LogP contribution in [0.5, 0.6) is 0 Å². The summed E-state index contributed by atoms with van der Waals surface area (Å²) in [6.45, 7) is 12.3. The average Bonchev–Trinajstić information content (AvgIpc) is 2.38. The van der Waals surface area contributed by atoms with E-state index in [1.807, 2.05) is 18.2 Å². The lowest BCUT2D eigenvalue weighted by molar-refractivity contribution is 0.268. The zero-order valence-corrected chi connectivity index (χ0v) is 12.8. The predicted octanol–water partition coefficient (Wildman–Crippen LogP) is 4.14. The van der Waals surface area contributed by atoms with Gasteiger partial charge in [-0.2, -0.15) is 5.26 Å². The number of benzene rings is 1. The van der Waals surface area contributed by atoms with Crippen molar-refractivity contribution in [2.75, 3.05) is 6.54 Å². The van der Waals surface area contributed by atoms with E-state index < -0.39 is 0 Å². The number of nitrogens with one attached hydrogen (secondary N) is 1. The van der Waals surface area contributed by atoms with Crippen LogP contribution >= 0.6 is 0 Å². The molecule has 0 radical (unpaired) electrons. The van der Waals surface area contributed by atoms with Crippen molar-refractivity contribution in [3.05, 3.63) is 35.4 Å². The Morgan fingerprint density at radius 2 is 1.74 bits per heavy atom. The number of nitriles is 1. The van der Waals surface area contributed by atoms with Crippen LogP contribution in [0.1, 0.15) is 51.8 Å². The first-order chi connectivity index (χ1) is 8.95. The van der Waals surface area contributed by atoms with Gasteiger partial charge in [-0.3, -0.25) is 0 Å². The Morgan fingerprint density at radius 1 is 1.11 bits per heavy atom. The highest BCUT2D eigenvalue weighted by Gasteiger charge is 2.18. The number of nitrogens with zero attached hydrogens (tertiary/aromatic N) is 1. The lowest BCUT2D eigenvalue weighted by Crippen LogP contribution is -2.31. The first-order valence-electron chi connectivity index (χ1n) is 7.19. The molecule has 1 aromatic carbocycles. The molecule has 1 atom stereocenters. The van der Waals surface area contributed by atoms with Crippen LogP contribution in [0.25, 0.3) is 0 Å². The largest absolute Gasteiger partial charge is 0.310 e. The maximum absolute atomic E-state index is 8.94. The fraction of sp³-hybridized carbons (Fsp3) is 0.588. The molecule has 1 aromatic rings. The lowest BCUT2D eigenvalue weighted by atomic mass is 9.85. The molecule has 2 heteroatoms. The summed E-state index contributed by atoms with van der Waals surface area (Å²) in [6.07, 6.45) is 0. The quantitative estimate of drug-likeness (QED) is 0.832. The van der Waals surface area contributed by atoms with Crippen molar-refractivity contribution in [1.82, 2.24) is 5.32 Å². The first-order valence-corrected chi connectivity index (χ1v) is 7.19. The zero-order valence-electron chi connectivity index (χ0n) is 12.8. The molecular weight excluding hydrogens is 232 g/mol. The van der Waals surface area contributed by atoms with Crippen LogP contribution < -0.4 is 5.32 Å². The monoisotopic (exact) mass is 258 g/mol. The molecule has 19 heavy (non-hydrogen) atoms. The maximum atomic E-state index is 8.94. The molecule has 0 bridgehead atoms. The van der Waals surface area contributed by atoms with Gasteiger partial charge in [0.05, 0.1) is 11.6 Å². The average molecular weight is 258 g/mol. The van der Waals surface area contributed by atoms with E-state index in [0.717, 1.165) is 12.1 Å². The fourth-order valence-corrected chi connectivity index (χ4v) is 2.55. The van der Waals surface area contributed by atoms with Gasteiger partial charge in [-0.1, -0.05) is 39.8 Å². The minimum absolute atomic E-state index is 0.285. The van der Waals surface area contributed by atoms with Gasteiger partial charge in [-0.15, -0.1) is 0 Å².